The van der Waals surface area contributed by atoms with Crippen LogP contribution in [0.15, 0.2) is 29.2 Å². The second-order valence-corrected chi connectivity index (χ2v) is 5.85. The quantitative estimate of drug-likeness (QED) is 0.680. The van der Waals surface area contributed by atoms with E-state index in [1.54, 1.807) is 31.3 Å². The fourth-order valence-corrected chi connectivity index (χ4v) is 2.81. The fraction of sp³-hybridized carbons (Fsp3) is 0.538. The van der Waals surface area contributed by atoms with Crippen LogP contribution >= 0.6 is 0 Å². The molecular weight excluding hydrogens is 264 g/mol. The van der Waals surface area contributed by atoms with Gasteiger partial charge in [0.1, 0.15) is 4.90 Å². The van der Waals surface area contributed by atoms with Crippen LogP contribution in [0.5, 0.6) is 0 Å². The molecule has 0 atom stereocenters. The zero-order valence-electron chi connectivity index (χ0n) is 11.5. The van der Waals surface area contributed by atoms with Crippen molar-refractivity contribution in [2.45, 2.75) is 24.7 Å². The molecule has 108 valence electrons. The van der Waals surface area contributed by atoms with Crippen molar-refractivity contribution in [1.29, 1.82) is 0 Å². The second-order valence-electron chi connectivity index (χ2n) is 4.11. The summed E-state index contributed by atoms with van der Waals surface area (Å²) < 4.78 is 32.0. The van der Waals surface area contributed by atoms with Crippen LogP contribution in [0.3, 0.4) is 0 Å². The minimum absolute atomic E-state index is 0.256. The van der Waals surface area contributed by atoms with Crippen LogP contribution in [0.4, 0.5) is 5.69 Å². The highest BCUT2D eigenvalue weighted by Crippen LogP contribution is 2.19. The van der Waals surface area contributed by atoms with Crippen molar-refractivity contribution < 1.29 is 13.2 Å². The number of hydrogen-bond donors (Lipinski definition) is 2. The molecule has 0 radical (unpaired) electrons. The van der Waals surface area contributed by atoms with Crippen LogP contribution in [0.25, 0.3) is 0 Å². The van der Waals surface area contributed by atoms with E-state index in [0.717, 1.165) is 12.8 Å². The summed E-state index contributed by atoms with van der Waals surface area (Å²) in [6.45, 7) is 3.43. The van der Waals surface area contributed by atoms with Crippen LogP contribution in [-0.4, -0.2) is 35.2 Å². The first-order chi connectivity index (χ1) is 9.11. The minimum atomic E-state index is -3.49. The summed E-state index contributed by atoms with van der Waals surface area (Å²) in [6.07, 6.45) is 2.07. The van der Waals surface area contributed by atoms with Gasteiger partial charge in [0, 0.05) is 20.2 Å². The molecule has 0 aliphatic heterocycles. The standard InChI is InChI=1S/C13H22N2O3S/c1-3-4-10-18-11-9-15-19(16,17)13-8-6-5-7-12(13)14-2/h5-8,14-15H,3-4,9-11H2,1-2H3. The van der Waals surface area contributed by atoms with E-state index in [2.05, 4.69) is 17.0 Å². The molecule has 1 aromatic rings. The topological polar surface area (TPSA) is 67.4 Å². The minimum Gasteiger partial charge on any atom is -0.387 e. The summed E-state index contributed by atoms with van der Waals surface area (Å²) in [5.41, 5.74) is 0.585. The molecule has 0 aliphatic carbocycles. The van der Waals surface area contributed by atoms with Crippen molar-refractivity contribution >= 4 is 15.7 Å². The Labute approximate surface area is 115 Å². The lowest BCUT2D eigenvalue weighted by molar-refractivity contribution is 0.136. The van der Waals surface area contributed by atoms with Gasteiger partial charge in [-0.3, -0.25) is 0 Å². The molecule has 0 heterocycles. The van der Waals surface area contributed by atoms with Gasteiger partial charge in [0.2, 0.25) is 10.0 Å². The van der Waals surface area contributed by atoms with Crippen LogP contribution in [0.2, 0.25) is 0 Å². The van der Waals surface area contributed by atoms with Crippen molar-refractivity contribution in [2.75, 3.05) is 32.1 Å². The van der Waals surface area contributed by atoms with E-state index < -0.39 is 10.0 Å². The lowest BCUT2D eigenvalue weighted by Crippen LogP contribution is -2.28. The SMILES string of the molecule is CCCCOCCNS(=O)(=O)c1ccccc1NC. The number of rotatable bonds is 9. The number of ether oxygens (including phenoxy) is 1. The van der Waals surface area contributed by atoms with Crippen LogP contribution in [0, 0.1) is 0 Å². The van der Waals surface area contributed by atoms with Gasteiger partial charge in [-0.1, -0.05) is 25.5 Å². The van der Waals surface area contributed by atoms with Crippen molar-refractivity contribution in [3.05, 3.63) is 24.3 Å². The van der Waals surface area contributed by atoms with Gasteiger partial charge >= 0.3 is 0 Å². The molecule has 1 aromatic carbocycles. The molecule has 0 aromatic heterocycles. The summed E-state index contributed by atoms with van der Waals surface area (Å²) in [5.74, 6) is 0. The zero-order chi connectivity index (χ0) is 14.1. The maximum absolute atomic E-state index is 12.1. The average molecular weight is 286 g/mol. The maximum atomic E-state index is 12.1. The van der Waals surface area contributed by atoms with E-state index in [9.17, 15) is 8.42 Å². The molecule has 0 bridgehead atoms. The molecule has 0 unspecified atom stereocenters. The monoisotopic (exact) mass is 286 g/mol. The lowest BCUT2D eigenvalue weighted by atomic mass is 10.3. The van der Waals surface area contributed by atoms with E-state index in [0.29, 0.717) is 18.9 Å². The summed E-state index contributed by atoms with van der Waals surface area (Å²) in [6, 6.07) is 6.80. The van der Waals surface area contributed by atoms with E-state index >= 15 is 0 Å². The van der Waals surface area contributed by atoms with E-state index in [1.165, 1.54) is 0 Å². The molecule has 1 rings (SSSR count). The first-order valence-electron chi connectivity index (χ1n) is 6.46. The molecule has 0 saturated carbocycles. The third-order valence-corrected chi connectivity index (χ3v) is 4.15. The zero-order valence-corrected chi connectivity index (χ0v) is 12.3. The Hall–Kier alpha value is -1.11. The predicted molar refractivity (Wildman–Crippen MR) is 76.9 cm³/mol. The fourth-order valence-electron chi connectivity index (χ4n) is 1.58. The molecule has 5 nitrogen and oxygen atoms in total. The largest absolute Gasteiger partial charge is 0.387 e. The van der Waals surface area contributed by atoms with E-state index in [4.69, 9.17) is 4.74 Å². The number of para-hydroxylation sites is 1. The Balaban J connectivity index is 2.52. The predicted octanol–water partition coefficient (Wildman–Crippen LogP) is 1.82. The van der Waals surface area contributed by atoms with Crippen LogP contribution in [0.1, 0.15) is 19.8 Å². The van der Waals surface area contributed by atoms with Gasteiger partial charge in [0.05, 0.1) is 12.3 Å². The van der Waals surface area contributed by atoms with Gasteiger partial charge < -0.3 is 10.1 Å². The average Bonchev–Trinajstić information content (AvgIpc) is 2.42. The number of hydrogen-bond acceptors (Lipinski definition) is 4. The highest BCUT2D eigenvalue weighted by molar-refractivity contribution is 7.89. The molecule has 0 spiro atoms. The maximum Gasteiger partial charge on any atom is 0.242 e. The van der Waals surface area contributed by atoms with Gasteiger partial charge in [-0.15, -0.1) is 0 Å². The van der Waals surface area contributed by atoms with Crippen molar-refractivity contribution in [1.82, 2.24) is 4.72 Å². The molecule has 0 fully saturated rings. The van der Waals surface area contributed by atoms with Crippen molar-refractivity contribution in [3.63, 3.8) is 0 Å². The van der Waals surface area contributed by atoms with Gasteiger partial charge in [-0.25, -0.2) is 13.1 Å². The number of nitrogens with one attached hydrogen (secondary N) is 2. The summed E-state index contributed by atoms with van der Waals surface area (Å²) in [4.78, 5) is 0.256. The number of benzene rings is 1. The Morgan fingerprint density at radius 1 is 1.21 bits per heavy atom. The van der Waals surface area contributed by atoms with Gasteiger partial charge in [0.15, 0.2) is 0 Å². The first-order valence-corrected chi connectivity index (χ1v) is 7.94. The molecule has 0 saturated heterocycles. The number of unbranched alkanes of at least 4 members (excludes halogenated alkanes) is 1. The third-order valence-electron chi connectivity index (χ3n) is 2.63. The molecule has 19 heavy (non-hydrogen) atoms. The molecular formula is C13H22N2O3S. The summed E-state index contributed by atoms with van der Waals surface area (Å²) in [5, 5.41) is 2.87. The molecule has 6 heteroatoms. The highest BCUT2D eigenvalue weighted by Gasteiger charge is 2.16. The Morgan fingerprint density at radius 3 is 2.63 bits per heavy atom. The summed E-state index contributed by atoms with van der Waals surface area (Å²) in [7, 11) is -1.79. The molecule has 0 amide bonds. The van der Waals surface area contributed by atoms with Crippen molar-refractivity contribution in [2.24, 2.45) is 0 Å². The van der Waals surface area contributed by atoms with Crippen LogP contribution in [-0.2, 0) is 14.8 Å². The second kappa shape index (κ2) is 8.14. The molecule has 0 aliphatic rings. The van der Waals surface area contributed by atoms with Crippen molar-refractivity contribution in [3.8, 4) is 0 Å². The third kappa shape index (κ3) is 5.18. The van der Waals surface area contributed by atoms with Crippen LogP contribution < -0.4 is 10.0 Å². The first kappa shape index (κ1) is 15.9. The van der Waals surface area contributed by atoms with E-state index in [1.807, 2.05) is 0 Å². The van der Waals surface area contributed by atoms with Gasteiger partial charge in [0.25, 0.3) is 0 Å². The highest BCUT2D eigenvalue weighted by atomic mass is 32.2. The Bertz CT molecular complexity index is 475. The Morgan fingerprint density at radius 2 is 1.95 bits per heavy atom. The normalized spacial score (nSPS) is 11.5. The summed E-state index contributed by atoms with van der Waals surface area (Å²) >= 11 is 0. The lowest BCUT2D eigenvalue weighted by Gasteiger charge is -2.11. The van der Waals surface area contributed by atoms with E-state index in [-0.39, 0.29) is 11.4 Å². The number of anilines is 1. The van der Waals surface area contributed by atoms with Gasteiger partial charge in [-0.2, -0.15) is 0 Å². The smallest absolute Gasteiger partial charge is 0.242 e. The Kier molecular flexibility index (Phi) is 6.83. The number of sulfonamides is 1. The molecule has 2 N–H and O–H groups in total. The van der Waals surface area contributed by atoms with Gasteiger partial charge in [-0.05, 0) is 18.6 Å².